The third-order valence-electron chi connectivity index (χ3n) is 2.42. The van der Waals surface area contributed by atoms with Crippen LogP contribution in [0.4, 0.5) is 0 Å². The SMILES string of the molecule is COc1cccc2c1OC(C)CC2.Cl. The van der Waals surface area contributed by atoms with E-state index < -0.39 is 0 Å². The number of fused-ring (bicyclic) bond motifs is 1. The third-order valence-corrected chi connectivity index (χ3v) is 2.42. The molecule has 1 aliphatic heterocycles. The first kappa shape index (κ1) is 11.2. The van der Waals surface area contributed by atoms with Gasteiger partial charge in [0.15, 0.2) is 11.5 Å². The van der Waals surface area contributed by atoms with E-state index in [0.717, 1.165) is 24.3 Å². The van der Waals surface area contributed by atoms with E-state index in [-0.39, 0.29) is 12.4 Å². The summed E-state index contributed by atoms with van der Waals surface area (Å²) in [7, 11) is 1.68. The van der Waals surface area contributed by atoms with Gasteiger partial charge in [-0.3, -0.25) is 0 Å². The van der Waals surface area contributed by atoms with Crippen molar-refractivity contribution in [2.45, 2.75) is 25.9 Å². The van der Waals surface area contributed by atoms with Crippen molar-refractivity contribution >= 4 is 12.4 Å². The van der Waals surface area contributed by atoms with Crippen LogP contribution in [0.15, 0.2) is 18.2 Å². The van der Waals surface area contributed by atoms with Crippen LogP contribution in [0.1, 0.15) is 18.9 Å². The molecule has 0 saturated heterocycles. The van der Waals surface area contributed by atoms with Crippen LogP contribution in [0.5, 0.6) is 11.5 Å². The highest BCUT2D eigenvalue weighted by Crippen LogP contribution is 2.36. The van der Waals surface area contributed by atoms with Crippen molar-refractivity contribution in [1.29, 1.82) is 0 Å². The molecule has 2 nitrogen and oxygen atoms in total. The smallest absolute Gasteiger partial charge is 0.164 e. The second kappa shape index (κ2) is 4.56. The predicted octanol–water partition coefficient (Wildman–Crippen LogP) is 2.83. The first-order chi connectivity index (χ1) is 6.31. The molecule has 0 amide bonds. The molecule has 1 heterocycles. The van der Waals surface area contributed by atoms with Gasteiger partial charge in [-0.1, -0.05) is 12.1 Å². The van der Waals surface area contributed by atoms with E-state index in [1.54, 1.807) is 7.11 Å². The summed E-state index contributed by atoms with van der Waals surface area (Å²) in [5.74, 6) is 1.78. The number of benzene rings is 1. The first-order valence-electron chi connectivity index (χ1n) is 4.64. The van der Waals surface area contributed by atoms with Gasteiger partial charge in [0, 0.05) is 0 Å². The molecule has 0 bridgehead atoms. The van der Waals surface area contributed by atoms with Gasteiger partial charge in [-0.2, -0.15) is 0 Å². The van der Waals surface area contributed by atoms with Crippen molar-refractivity contribution in [3.8, 4) is 11.5 Å². The summed E-state index contributed by atoms with van der Waals surface area (Å²) >= 11 is 0. The van der Waals surface area contributed by atoms with Crippen molar-refractivity contribution in [1.82, 2.24) is 0 Å². The lowest BCUT2D eigenvalue weighted by atomic mass is 10.0. The van der Waals surface area contributed by atoms with Gasteiger partial charge in [0.25, 0.3) is 0 Å². The molecule has 78 valence electrons. The lowest BCUT2D eigenvalue weighted by molar-refractivity contribution is 0.183. The van der Waals surface area contributed by atoms with Gasteiger partial charge in [0.05, 0.1) is 13.2 Å². The molecule has 1 atom stereocenters. The average Bonchev–Trinajstić information content (AvgIpc) is 2.17. The fourth-order valence-corrected chi connectivity index (χ4v) is 1.67. The standard InChI is InChI=1S/C11H14O2.ClH/c1-8-6-7-9-4-3-5-10(12-2)11(9)13-8;/h3-5,8H,6-7H2,1-2H3;1H. The van der Waals surface area contributed by atoms with Gasteiger partial charge < -0.3 is 9.47 Å². The molecule has 1 aliphatic rings. The number of ether oxygens (including phenoxy) is 2. The Bertz CT molecular complexity index is 298. The molecule has 0 aliphatic carbocycles. The average molecular weight is 215 g/mol. The second-order valence-corrected chi connectivity index (χ2v) is 3.42. The van der Waals surface area contributed by atoms with Crippen LogP contribution in [0, 0.1) is 0 Å². The molecule has 3 heteroatoms. The van der Waals surface area contributed by atoms with Crippen molar-refractivity contribution < 1.29 is 9.47 Å². The number of methoxy groups -OCH3 is 1. The summed E-state index contributed by atoms with van der Waals surface area (Å²) in [5.41, 5.74) is 1.26. The van der Waals surface area contributed by atoms with Crippen molar-refractivity contribution in [3.05, 3.63) is 23.8 Å². The monoisotopic (exact) mass is 214 g/mol. The van der Waals surface area contributed by atoms with Crippen molar-refractivity contribution in [2.24, 2.45) is 0 Å². The molecule has 0 N–H and O–H groups in total. The summed E-state index contributed by atoms with van der Waals surface area (Å²) in [6.07, 6.45) is 2.50. The van der Waals surface area contributed by atoms with Gasteiger partial charge in [0.2, 0.25) is 0 Å². The van der Waals surface area contributed by atoms with Crippen molar-refractivity contribution in [2.75, 3.05) is 7.11 Å². The van der Waals surface area contributed by atoms with Gasteiger partial charge in [0.1, 0.15) is 0 Å². The van der Waals surface area contributed by atoms with Gasteiger partial charge in [-0.25, -0.2) is 0 Å². The maximum Gasteiger partial charge on any atom is 0.164 e. The third kappa shape index (κ3) is 1.95. The molecule has 0 spiro atoms. The van der Waals surface area contributed by atoms with E-state index in [1.807, 2.05) is 12.1 Å². The minimum atomic E-state index is 0. The van der Waals surface area contributed by atoms with Crippen LogP contribution in [-0.4, -0.2) is 13.2 Å². The molecule has 1 unspecified atom stereocenters. The molecule has 1 aromatic carbocycles. The fraction of sp³-hybridized carbons (Fsp3) is 0.455. The Morgan fingerprint density at radius 3 is 2.93 bits per heavy atom. The molecule has 14 heavy (non-hydrogen) atoms. The second-order valence-electron chi connectivity index (χ2n) is 3.42. The zero-order chi connectivity index (χ0) is 9.26. The lowest BCUT2D eigenvalue weighted by Crippen LogP contribution is -2.19. The Morgan fingerprint density at radius 2 is 2.21 bits per heavy atom. The largest absolute Gasteiger partial charge is 0.493 e. The van der Waals surface area contributed by atoms with E-state index >= 15 is 0 Å². The first-order valence-corrected chi connectivity index (χ1v) is 4.64. The number of rotatable bonds is 1. The molecule has 1 aromatic rings. The van der Waals surface area contributed by atoms with Gasteiger partial charge >= 0.3 is 0 Å². The predicted molar refractivity (Wildman–Crippen MR) is 58.7 cm³/mol. The van der Waals surface area contributed by atoms with E-state index in [0.29, 0.717) is 6.10 Å². The van der Waals surface area contributed by atoms with E-state index in [1.165, 1.54) is 5.56 Å². The lowest BCUT2D eigenvalue weighted by Gasteiger charge is -2.24. The van der Waals surface area contributed by atoms with Gasteiger partial charge in [-0.05, 0) is 31.4 Å². The van der Waals surface area contributed by atoms with E-state index in [9.17, 15) is 0 Å². The van der Waals surface area contributed by atoms with E-state index in [2.05, 4.69) is 13.0 Å². The number of aryl methyl sites for hydroxylation is 1. The van der Waals surface area contributed by atoms with Crippen LogP contribution in [0.25, 0.3) is 0 Å². The summed E-state index contributed by atoms with van der Waals surface area (Å²) in [6, 6.07) is 6.05. The van der Waals surface area contributed by atoms with Crippen LogP contribution in [-0.2, 0) is 6.42 Å². The number of hydrogen-bond donors (Lipinski definition) is 0. The van der Waals surface area contributed by atoms with Crippen LogP contribution in [0.3, 0.4) is 0 Å². The minimum absolute atomic E-state index is 0. The summed E-state index contributed by atoms with van der Waals surface area (Å²) in [6.45, 7) is 2.09. The van der Waals surface area contributed by atoms with E-state index in [4.69, 9.17) is 9.47 Å². The molecular formula is C11H15ClO2. The Kier molecular flexibility index (Phi) is 3.64. The van der Waals surface area contributed by atoms with Crippen LogP contribution < -0.4 is 9.47 Å². The Balaban J connectivity index is 0.000000980. The molecule has 0 saturated carbocycles. The molecule has 0 fully saturated rings. The normalized spacial score (nSPS) is 18.9. The van der Waals surface area contributed by atoms with Crippen LogP contribution >= 0.6 is 12.4 Å². The highest BCUT2D eigenvalue weighted by Gasteiger charge is 2.18. The summed E-state index contributed by atoms with van der Waals surface area (Å²) in [5, 5.41) is 0. The fourth-order valence-electron chi connectivity index (χ4n) is 1.67. The summed E-state index contributed by atoms with van der Waals surface area (Å²) < 4.78 is 11.0. The number of hydrogen-bond acceptors (Lipinski definition) is 2. The zero-order valence-corrected chi connectivity index (χ0v) is 9.26. The molecule has 0 aromatic heterocycles. The quantitative estimate of drug-likeness (QED) is 0.716. The number of halogens is 1. The number of para-hydroxylation sites is 1. The highest BCUT2D eigenvalue weighted by atomic mass is 35.5. The van der Waals surface area contributed by atoms with Crippen LogP contribution in [0.2, 0.25) is 0 Å². The molecule has 2 rings (SSSR count). The zero-order valence-electron chi connectivity index (χ0n) is 8.45. The Morgan fingerprint density at radius 1 is 1.43 bits per heavy atom. The summed E-state index contributed by atoms with van der Waals surface area (Å²) in [4.78, 5) is 0. The Labute approximate surface area is 90.6 Å². The maximum atomic E-state index is 5.73. The maximum absolute atomic E-state index is 5.73. The molecular weight excluding hydrogens is 200 g/mol. The van der Waals surface area contributed by atoms with Gasteiger partial charge in [-0.15, -0.1) is 12.4 Å². The topological polar surface area (TPSA) is 18.5 Å². The molecule has 0 radical (unpaired) electrons. The van der Waals surface area contributed by atoms with Crippen molar-refractivity contribution in [3.63, 3.8) is 0 Å². The highest BCUT2D eigenvalue weighted by molar-refractivity contribution is 5.85. The minimum Gasteiger partial charge on any atom is -0.493 e. The Hall–Kier alpha value is -0.890.